The highest BCUT2D eigenvalue weighted by atomic mass is 35.5. The van der Waals surface area contributed by atoms with Crippen LogP contribution in [0.3, 0.4) is 0 Å². The van der Waals surface area contributed by atoms with Crippen molar-refractivity contribution in [3.63, 3.8) is 0 Å². The van der Waals surface area contributed by atoms with Gasteiger partial charge in [0, 0.05) is 12.6 Å². The Kier molecular flexibility index (Phi) is 4.11. The monoisotopic (exact) mass is 303 g/mol. The number of hydrogen-bond acceptors (Lipinski definition) is 4. The lowest BCUT2D eigenvalue weighted by atomic mass is 10.1. The van der Waals surface area contributed by atoms with E-state index in [-0.39, 0.29) is 27.3 Å². The van der Waals surface area contributed by atoms with Gasteiger partial charge in [0.2, 0.25) is 5.91 Å². The van der Waals surface area contributed by atoms with Crippen LogP contribution in [0.2, 0.25) is 10.0 Å². The van der Waals surface area contributed by atoms with Crippen molar-refractivity contribution in [1.82, 2.24) is 5.32 Å². The van der Waals surface area contributed by atoms with E-state index in [2.05, 4.69) is 10.6 Å². The Morgan fingerprint density at radius 2 is 2.05 bits per heavy atom. The van der Waals surface area contributed by atoms with Crippen molar-refractivity contribution in [2.75, 3.05) is 11.9 Å². The number of hydrogen-bond donors (Lipinski definition) is 2. The van der Waals surface area contributed by atoms with Gasteiger partial charge in [-0.3, -0.25) is 14.9 Å². The summed E-state index contributed by atoms with van der Waals surface area (Å²) in [5, 5.41) is 16.8. The van der Waals surface area contributed by atoms with Gasteiger partial charge < -0.3 is 10.6 Å². The van der Waals surface area contributed by atoms with Crippen molar-refractivity contribution in [1.29, 1.82) is 0 Å². The average molecular weight is 304 g/mol. The topological polar surface area (TPSA) is 84.3 Å². The molecule has 1 unspecified atom stereocenters. The summed E-state index contributed by atoms with van der Waals surface area (Å²) in [6.07, 6.45) is 1.43. The largest absolute Gasteiger partial charge is 0.368 e. The fraction of sp³-hybridized carbons (Fsp3) is 0.364. The summed E-state index contributed by atoms with van der Waals surface area (Å²) in [5.74, 6) is -0.174. The summed E-state index contributed by atoms with van der Waals surface area (Å²) >= 11 is 11.6. The molecule has 0 aromatic heterocycles. The Labute approximate surface area is 119 Å². The van der Waals surface area contributed by atoms with Gasteiger partial charge in [0.25, 0.3) is 5.69 Å². The predicted octanol–water partition coefficient (Wildman–Crippen LogP) is 2.59. The van der Waals surface area contributed by atoms with Crippen LogP contribution in [-0.2, 0) is 4.79 Å². The van der Waals surface area contributed by atoms with Crippen molar-refractivity contribution >= 4 is 40.5 Å². The van der Waals surface area contributed by atoms with Crippen LogP contribution in [0.15, 0.2) is 12.1 Å². The maximum absolute atomic E-state index is 11.6. The lowest BCUT2D eigenvalue weighted by Gasteiger charge is -2.23. The number of piperidine rings is 1. The molecule has 19 heavy (non-hydrogen) atoms. The molecule has 2 rings (SSSR count). The molecule has 1 aliphatic heterocycles. The highest BCUT2D eigenvalue weighted by molar-refractivity contribution is 6.42. The van der Waals surface area contributed by atoms with Gasteiger partial charge >= 0.3 is 0 Å². The molecule has 0 saturated carbocycles. The first-order chi connectivity index (χ1) is 8.99. The highest BCUT2D eigenvalue weighted by Crippen LogP contribution is 2.34. The molecule has 0 radical (unpaired) electrons. The number of halogens is 2. The molecule has 0 bridgehead atoms. The highest BCUT2D eigenvalue weighted by Gasteiger charge is 2.25. The summed E-state index contributed by atoms with van der Waals surface area (Å²) < 4.78 is 0. The predicted molar refractivity (Wildman–Crippen MR) is 72.8 cm³/mol. The molecule has 0 aliphatic carbocycles. The molecular weight excluding hydrogens is 293 g/mol. The van der Waals surface area contributed by atoms with E-state index in [1.165, 1.54) is 12.1 Å². The van der Waals surface area contributed by atoms with Gasteiger partial charge in [0.1, 0.15) is 11.7 Å². The van der Waals surface area contributed by atoms with Gasteiger partial charge in [-0.05, 0) is 18.9 Å². The van der Waals surface area contributed by atoms with Crippen molar-refractivity contribution < 1.29 is 9.72 Å². The molecule has 1 saturated heterocycles. The van der Waals surface area contributed by atoms with E-state index in [4.69, 9.17) is 23.2 Å². The third-order valence-electron chi connectivity index (χ3n) is 2.85. The summed E-state index contributed by atoms with van der Waals surface area (Å²) in [7, 11) is 0. The molecule has 1 aromatic carbocycles. The first-order valence-electron chi connectivity index (χ1n) is 5.66. The molecule has 8 heteroatoms. The van der Waals surface area contributed by atoms with Gasteiger partial charge in [-0.15, -0.1) is 0 Å². The molecule has 1 fully saturated rings. The number of anilines is 1. The van der Waals surface area contributed by atoms with E-state index in [9.17, 15) is 14.9 Å². The zero-order chi connectivity index (χ0) is 14.0. The number of nitro benzene ring substituents is 1. The molecule has 1 atom stereocenters. The molecular formula is C11H11Cl2N3O3. The summed E-state index contributed by atoms with van der Waals surface area (Å²) in [4.78, 5) is 22.0. The SMILES string of the molecule is O=C1NCCCC1Nc1cc(Cl)c(Cl)cc1[N+](=O)[O-]. The van der Waals surface area contributed by atoms with Crippen molar-refractivity contribution in [2.24, 2.45) is 0 Å². The van der Waals surface area contributed by atoms with Gasteiger partial charge in [-0.2, -0.15) is 0 Å². The van der Waals surface area contributed by atoms with Crippen LogP contribution >= 0.6 is 23.2 Å². The molecule has 1 aliphatic rings. The van der Waals surface area contributed by atoms with Crippen LogP contribution in [0.25, 0.3) is 0 Å². The van der Waals surface area contributed by atoms with Crippen LogP contribution in [-0.4, -0.2) is 23.4 Å². The summed E-state index contributed by atoms with van der Waals surface area (Å²) in [5.41, 5.74) is -0.00535. The Morgan fingerprint density at radius 3 is 2.68 bits per heavy atom. The van der Waals surface area contributed by atoms with E-state index in [0.29, 0.717) is 13.0 Å². The molecule has 0 spiro atoms. The lowest BCUT2D eigenvalue weighted by Crippen LogP contribution is -2.44. The van der Waals surface area contributed by atoms with E-state index >= 15 is 0 Å². The molecule has 6 nitrogen and oxygen atoms in total. The van der Waals surface area contributed by atoms with E-state index in [0.717, 1.165) is 6.42 Å². The Hall–Kier alpha value is -1.53. The van der Waals surface area contributed by atoms with Gasteiger partial charge in [-0.1, -0.05) is 23.2 Å². The van der Waals surface area contributed by atoms with Crippen LogP contribution < -0.4 is 10.6 Å². The lowest BCUT2D eigenvalue weighted by molar-refractivity contribution is -0.384. The molecule has 1 aromatic rings. The maximum atomic E-state index is 11.6. The second kappa shape index (κ2) is 5.63. The fourth-order valence-corrected chi connectivity index (χ4v) is 2.22. The number of nitrogens with zero attached hydrogens (tertiary/aromatic N) is 1. The van der Waals surface area contributed by atoms with Crippen molar-refractivity contribution in [3.8, 4) is 0 Å². The van der Waals surface area contributed by atoms with E-state index in [1.54, 1.807) is 0 Å². The average Bonchev–Trinajstić information content (AvgIpc) is 2.36. The van der Waals surface area contributed by atoms with Gasteiger partial charge in [0.15, 0.2) is 0 Å². The molecule has 1 amide bonds. The zero-order valence-corrected chi connectivity index (χ0v) is 11.3. The van der Waals surface area contributed by atoms with Crippen LogP contribution in [0.4, 0.5) is 11.4 Å². The normalized spacial score (nSPS) is 18.8. The Morgan fingerprint density at radius 1 is 1.37 bits per heavy atom. The number of amides is 1. The van der Waals surface area contributed by atoms with E-state index in [1.807, 2.05) is 0 Å². The van der Waals surface area contributed by atoms with Crippen molar-refractivity contribution in [3.05, 3.63) is 32.3 Å². The standard InChI is InChI=1S/C11H11Cl2N3O3/c12-6-4-9(10(16(18)19)5-7(6)13)15-8-2-1-3-14-11(8)17/h4-5,8,15H,1-3H2,(H,14,17). The Balaban J connectivity index is 2.30. The summed E-state index contributed by atoms with van der Waals surface area (Å²) in [6.45, 7) is 0.625. The number of carbonyl (C=O) groups is 1. The second-order valence-corrected chi connectivity index (χ2v) is 4.99. The molecule has 2 N–H and O–H groups in total. The quantitative estimate of drug-likeness (QED) is 0.664. The minimum absolute atomic E-state index is 0.104. The third-order valence-corrected chi connectivity index (χ3v) is 3.57. The van der Waals surface area contributed by atoms with Gasteiger partial charge in [-0.25, -0.2) is 0 Å². The second-order valence-electron chi connectivity index (χ2n) is 4.17. The first-order valence-corrected chi connectivity index (χ1v) is 6.42. The van der Waals surface area contributed by atoms with Crippen molar-refractivity contribution in [2.45, 2.75) is 18.9 Å². The van der Waals surface area contributed by atoms with Crippen LogP contribution in [0.5, 0.6) is 0 Å². The number of carbonyl (C=O) groups excluding carboxylic acids is 1. The zero-order valence-electron chi connectivity index (χ0n) is 9.78. The third kappa shape index (κ3) is 3.08. The number of nitrogens with one attached hydrogen (secondary N) is 2. The van der Waals surface area contributed by atoms with Gasteiger partial charge in [0.05, 0.1) is 15.0 Å². The fourth-order valence-electron chi connectivity index (χ4n) is 1.90. The number of nitro groups is 1. The molecule has 102 valence electrons. The minimum Gasteiger partial charge on any atom is -0.368 e. The van der Waals surface area contributed by atoms with Crippen LogP contribution in [0.1, 0.15) is 12.8 Å². The van der Waals surface area contributed by atoms with Crippen LogP contribution in [0, 0.1) is 10.1 Å². The summed E-state index contributed by atoms with van der Waals surface area (Å²) in [6, 6.07) is 2.04. The minimum atomic E-state index is -0.564. The van der Waals surface area contributed by atoms with E-state index < -0.39 is 11.0 Å². The number of rotatable bonds is 3. The number of benzene rings is 1. The first kappa shape index (κ1) is 13.9. The Bertz CT molecular complexity index is 536. The molecule has 1 heterocycles. The smallest absolute Gasteiger partial charge is 0.293 e. The maximum Gasteiger partial charge on any atom is 0.293 e.